The topological polar surface area (TPSA) is 53.7 Å². The molecule has 112 valence electrons. The highest BCUT2D eigenvalue weighted by atomic mass is 16.5. The fourth-order valence-corrected chi connectivity index (χ4v) is 2.29. The molecule has 0 aliphatic rings. The maximum absolute atomic E-state index is 5.88. The summed E-state index contributed by atoms with van der Waals surface area (Å²) >= 11 is 0. The molecule has 2 N–H and O–H groups in total. The molecule has 4 heteroatoms. The molecule has 0 spiro atoms. The summed E-state index contributed by atoms with van der Waals surface area (Å²) in [6, 6.07) is 12.0. The van der Waals surface area contributed by atoms with E-state index in [0.717, 1.165) is 16.7 Å². The number of rotatable bonds is 5. The lowest BCUT2D eigenvalue weighted by Gasteiger charge is -2.16. The third-order valence-electron chi connectivity index (χ3n) is 3.45. The van der Waals surface area contributed by atoms with Crippen LogP contribution < -0.4 is 19.9 Å². The zero-order valence-electron chi connectivity index (χ0n) is 12.8. The Bertz CT molecular complexity index is 606. The average Bonchev–Trinajstić information content (AvgIpc) is 2.53. The molecule has 0 amide bonds. The van der Waals surface area contributed by atoms with Gasteiger partial charge in [0, 0.05) is 11.6 Å². The summed E-state index contributed by atoms with van der Waals surface area (Å²) in [6.07, 6.45) is 0. The predicted octanol–water partition coefficient (Wildman–Crippen LogP) is 3.40. The quantitative estimate of drug-likeness (QED) is 0.915. The van der Waals surface area contributed by atoms with Crippen LogP contribution in [0.2, 0.25) is 0 Å². The van der Waals surface area contributed by atoms with E-state index in [1.54, 1.807) is 21.3 Å². The summed E-state index contributed by atoms with van der Waals surface area (Å²) in [5, 5.41) is 0. The normalized spacial score (nSPS) is 11.9. The highest BCUT2D eigenvalue weighted by molar-refractivity contribution is 5.76. The number of nitrogens with two attached hydrogens (primary N) is 1. The van der Waals surface area contributed by atoms with E-state index in [9.17, 15) is 0 Å². The van der Waals surface area contributed by atoms with Crippen molar-refractivity contribution < 1.29 is 14.2 Å². The maximum Gasteiger partial charge on any atom is 0.203 e. The SMILES string of the molecule is COc1ccc(-c2ccc(C(C)N)cc2)c(OC)c1OC. The molecule has 21 heavy (non-hydrogen) atoms. The Kier molecular flexibility index (Phi) is 4.70. The second-order valence-corrected chi connectivity index (χ2v) is 4.79. The van der Waals surface area contributed by atoms with Crippen molar-refractivity contribution >= 4 is 0 Å². The van der Waals surface area contributed by atoms with E-state index in [1.165, 1.54) is 0 Å². The lowest BCUT2D eigenvalue weighted by Crippen LogP contribution is -2.04. The minimum Gasteiger partial charge on any atom is -0.493 e. The van der Waals surface area contributed by atoms with Crippen LogP contribution in [0.4, 0.5) is 0 Å². The summed E-state index contributed by atoms with van der Waals surface area (Å²) in [5.41, 5.74) is 8.97. The van der Waals surface area contributed by atoms with Crippen molar-refractivity contribution in [1.29, 1.82) is 0 Å². The van der Waals surface area contributed by atoms with E-state index < -0.39 is 0 Å². The van der Waals surface area contributed by atoms with Gasteiger partial charge in [-0.2, -0.15) is 0 Å². The molecule has 0 bridgehead atoms. The van der Waals surface area contributed by atoms with Crippen LogP contribution in [0.25, 0.3) is 11.1 Å². The Morgan fingerprint density at radius 3 is 1.90 bits per heavy atom. The third kappa shape index (κ3) is 2.95. The summed E-state index contributed by atoms with van der Waals surface area (Å²) in [4.78, 5) is 0. The summed E-state index contributed by atoms with van der Waals surface area (Å²) in [7, 11) is 4.83. The van der Waals surface area contributed by atoms with Crippen LogP contribution in [0.1, 0.15) is 18.5 Å². The van der Waals surface area contributed by atoms with E-state index in [2.05, 4.69) is 0 Å². The first kappa shape index (κ1) is 15.2. The van der Waals surface area contributed by atoms with Crippen molar-refractivity contribution in [3.8, 4) is 28.4 Å². The van der Waals surface area contributed by atoms with Gasteiger partial charge in [0.25, 0.3) is 0 Å². The summed E-state index contributed by atoms with van der Waals surface area (Å²) < 4.78 is 16.2. The van der Waals surface area contributed by atoms with Crippen LogP contribution in [0.5, 0.6) is 17.2 Å². The first-order valence-electron chi connectivity index (χ1n) is 6.77. The predicted molar refractivity (Wildman–Crippen MR) is 84.1 cm³/mol. The van der Waals surface area contributed by atoms with E-state index in [1.807, 2.05) is 43.3 Å². The standard InChI is InChI=1S/C17H21NO3/c1-11(18)12-5-7-13(8-6-12)14-9-10-15(19-2)17(21-4)16(14)20-3/h5-11H,18H2,1-4H3. The van der Waals surface area contributed by atoms with Crippen LogP contribution in [0, 0.1) is 0 Å². The van der Waals surface area contributed by atoms with Crippen molar-refractivity contribution in [2.24, 2.45) is 5.73 Å². The molecular weight excluding hydrogens is 266 g/mol. The summed E-state index contributed by atoms with van der Waals surface area (Å²) in [5.74, 6) is 1.89. The van der Waals surface area contributed by atoms with Crippen LogP contribution in [0.15, 0.2) is 36.4 Å². The monoisotopic (exact) mass is 287 g/mol. The molecule has 0 fully saturated rings. The number of hydrogen-bond acceptors (Lipinski definition) is 4. The van der Waals surface area contributed by atoms with Gasteiger partial charge in [0.1, 0.15) is 0 Å². The molecular formula is C17H21NO3. The molecule has 1 unspecified atom stereocenters. The van der Waals surface area contributed by atoms with Gasteiger partial charge in [0.15, 0.2) is 11.5 Å². The molecule has 2 rings (SSSR count). The Hall–Kier alpha value is -2.20. The second kappa shape index (κ2) is 6.50. The van der Waals surface area contributed by atoms with Gasteiger partial charge < -0.3 is 19.9 Å². The lowest BCUT2D eigenvalue weighted by atomic mass is 10.0. The van der Waals surface area contributed by atoms with E-state index in [-0.39, 0.29) is 6.04 Å². The molecule has 2 aromatic carbocycles. The fourth-order valence-electron chi connectivity index (χ4n) is 2.29. The van der Waals surface area contributed by atoms with Gasteiger partial charge in [0.05, 0.1) is 21.3 Å². The number of ether oxygens (including phenoxy) is 3. The van der Waals surface area contributed by atoms with Crippen molar-refractivity contribution in [3.63, 3.8) is 0 Å². The van der Waals surface area contributed by atoms with Crippen LogP contribution in [0.3, 0.4) is 0 Å². The first-order valence-corrected chi connectivity index (χ1v) is 6.77. The lowest BCUT2D eigenvalue weighted by molar-refractivity contribution is 0.325. The fraction of sp³-hybridized carbons (Fsp3) is 0.294. The minimum absolute atomic E-state index is 0.0198. The molecule has 0 aliphatic carbocycles. The third-order valence-corrected chi connectivity index (χ3v) is 3.45. The van der Waals surface area contributed by atoms with E-state index in [0.29, 0.717) is 17.2 Å². The van der Waals surface area contributed by atoms with Gasteiger partial charge in [-0.25, -0.2) is 0 Å². The van der Waals surface area contributed by atoms with Crippen molar-refractivity contribution in [1.82, 2.24) is 0 Å². The highest BCUT2D eigenvalue weighted by Gasteiger charge is 2.16. The molecule has 0 aromatic heterocycles. The maximum atomic E-state index is 5.88. The second-order valence-electron chi connectivity index (χ2n) is 4.79. The van der Waals surface area contributed by atoms with Gasteiger partial charge >= 0.3 is 0 Å². The Labute approximate surface area is 125 Å². The van der Waals surface area contributed by atoms with Crippen LogP contribution >= 0.6 is 0 Å². The summed E-state index contributed by atoms with van der Waals surface area (Å²) in [6.45, 7) is 1.96. The Morgan fingerprint density at radius 1 is 0.810 bits per heavy atom. The Morgan fingerprint density at radius 2 is 1.43 bits per heavy atom. The largest absolute Gasteiger partial charge is 0.493 e. The molecule has 2 aromatic rings. The van der Waals surface area contributed by atoms with Crippen LogP contribution in [-0.2, 0) is 0 Å². The molecule has 0 heterocycles. The van der Waals surface area contributed by atoms with Crippen molar-refractivity contribution in [3.05, 3.63) is 42.0 Å². The molecule has 0 saturated heterocycles. The molecule has 4 nitrogen and oxygen atoms in total. The molecule has 0 radical (unpaired) electrons. The minimum atomic E-state index is 0.0198. The highest BCUT2D eigenvalue weighted by Crippen LogP contribution is 2.44. The number of benzene rings is 2. The zero-order valence-corrected chi connectivity index (χ0v) is 12.8. The average molecular weight is 287 g/mol. The van der Waals surface area contributed by atoms with Crippen LogP contribution in [-0.4, -0.2) is 21.3 Å². The zero-order chi connectivity index (χ0) is 15.4. The van der Waals surface area contributed by atoms with Crippen molar-refractivity contribution in [2.75, 3.05) is 21.3 Å². The van der Waals surface area contributed by atoms with Gasteiger partial charge in [-0.15, -0.1) is 0 Å². The van der Waals surface area contributed by atoms with Gasteiger partial charge in [-0.1, -0.05) is 24.3 Å². The smallest absolute Gasteiger partial charge is 0.203 e. The van der Waals surface area contributed by atoms with Gasteiger partial charge in [-0.05, 0) is 30.2 Å². The van der Waals surface area contributed by atoms with E-state index >= 15 is 0 Å². The number of hydrogen-bond donors (Lipinski definition) is 1. The molecule has 0 saturated carbocycles. The van der Waals surface area contributed by atoms with E-state index in [4.69, 9.17) is 19.9 Å². The molecule has 0 aliphatic heterocycles. The molecule has 1 atom stereocenters. The van der Waals surface area contributed by atoms with Gasteiger partial charge in [-0.3, -0.25) is 0 Å². The van der Waals surface area contributed by atoms with Crippen molar-refractivity contribution in [2.45, 2.75) is 13.0 Å². The van der Waals surface area contributed by atoms with Gasteiger partial charge in [0.2, 0.25) is 5.75 Å². The number of methoxy groups -OCH3 is 3. The first-order chi connectivity index (χ1) is 10.1. The Balaban J connectivity index is 2.53.